The van der Waals surface area contributed by atoms with E-state index in [2.05, 4.69) is 6.58 Å². The molecule has 23 heavy (non-hydrogen) atoms. The van der Waals surface area contributed by atoms with Crippen LogP contribution in [0.1, 0.15) is 30.1 Å². The van der Waals surface area contributed by atoms with Crippen LogP contribution in [0, 0.1) is 5.92 Å². The molecular weight excluding hydrogens is 314 g/mol. The first-order valence-electron chi connectivity index (χ1n) is 7.75. The van der Waals surface area contributed by atoms with Crippen LogP contribution in [0.25, 0.3) is 0 Å². The second-order valence-corrected chi connectivity index (χ2v) is 7.69. The normalized spacial score (nSPS) is 17.1. The molecule has 0 spiro atoms. The van der Waals surface area contributed by atoms with Crippen molar-refractivity contribution in [3.8, 4) is 0 Å². The molecule has 1 aromatic rings. The van der Waals surface area contributed by atoms with E-state index < -0.39 is 10.0 Å². The molecule has 2 rings (SSSR count). The molecule has 0 bridgehead atoms. The fourth-order valence-corrected chi connectivity index (χ4v) is 4.11. The third-order valence-corrected chi connectivity index (χ3v) is 5.97. The number of Topliss-reactive ketones (excluding diaryl/α,β-unsaturated/α-hetero) is 1. The molecule has 1 heterocycles. The topological polar surface area (TPSA) is 63.7 Å². The minimum Gasteiger partial charge on any atom is -0.377 e. The molecule has 0 aromatic heterocycles. The van der Waals surface area contributed by atoms with Crippen molar-refractivity contribution < 1.29 is 17.9 Å². The highest BCUT2D eigenvalue weighted by Gasteiger charge is 2.29. The van der Waals surface area contributed by atoms with Gasteiger partial charge in [-0.2, -0.15) is 4.31 Å². The quantitative estimate of drug-likeness (QED) is 0.436. The highest BCUT2D eigenvalue weighted by molar-refractivity contribution is 7.89. The van der Waals surface area contributed by atoms with Crippen LogP contribution in [0.5, 0.6) is 0 Å². The maximum absolute atomic E-state index is 12.6. The first-order chi connectivity index (χ1) is 10.9. The van der Waals surface area contributed by atoms with Crippen molar-refractivity contribution in [2.75, 3.05) is 26.3 Å². The van der Waals surface area contributed by atoms with Gasteiger partial charge in [-0.05, 0) is 37.8 Å². The van der Waals surface area contributed by atoms with Gasteiger partial charge in [-0.25, -0.2) is 8.42 Å². The number of hydrogen-bond donors (Lipinski definition) is 0. The molecule has 1 aromatic carbocycles. The van der Waals surface area contributed by atoms with Gasteiger partial charge in [0.1, 0.15) is 0 Å². The lowest BCUT2D eigenvalue weighted by Gasteiger charge is -2.31. The minimum atomic E-state index is -3.49. The summed E-state index contributed by atoms with van der Waals surface area (Å²) in [4.78, 5) is 11.5. The number of piperidine rings is 1. The van der Waals surface area contributed by atoms with Crippen molar-refractivity contribution in [3.63, 3.8) is 0 Å². The Labute approximate surface area is 138 Å². The van der Waals surface area contributed by atoms with Gasteiger partial charge in [-0.1, -0.05) is 18.2 Å². The van der Waals surface area contributed by atoms with Crippen LogP contribution in [0.4, 0.5) is 0 Å². The average molecular weight is 337 g/mol. The van der Waals surface area contributed by atoms with Crippen LogP contribution in [-0.2, 0) is 14.8 Å². The Morgan fingerprint density at radius 3 is 2.43 bits per heavy atom. The lowest BCUT2D eigenvalue weighted by Crippen LogP contribution is -2.39. The molecule has 0 amide bonds. The zero-order chi connectivity index (χ0) is 16.9. The first kappa shape index (κ1) is 17.8. The summed E-state index contributed by atoms with van der Waals surface area (Å²) in [5.74, 6) is 0.316. The second-order valence-electron chi connectivity index (χ2n) is 5.75. The fraction of sp³-hybridized carbons (Fsp3) is 0.471. The van der Waals surface area contributed by atoms with Gasteiger partial charge in [0, 0.05) is 25.3 Å². The van der Waals surface area contributed by atoms with Crippen molar-refractivity contribution in [1.29, 1.82) is 0 Å². The zero-order valence-corrected chi connectivity index (χ0v) is 14.2. The molecule has 0 saturated carbocycles. The van der Waals surface area contributed by atoms with Crippen LogP contribution in [0.2, 0.25) is 0 Å². The molecule has 0 radical (unpaired) electrons. The highest BCUT2D eigenvalue weighted by Crippen LogP contribution is 2.24. The van der Waals surface area contributed by atoms with E-state index >= 15 is 0 Å². The molecule has 1 saturated heterocycles. The molecule has 1 aliphatic heterocycles. The summed E-state index contributed by atoms with van der Waals surface area (Å²) in [5.41, 5.74) is 0.516. The number of rotatable bonds is 7. The van der Waals surface area contributed by atoms with E-state index in [1.165, 1.54) is 23.4 Å². The largest absolute Gasteiger partial charge is 0.377 e. The van der Waals surface area contributed by atoms with Crippen molar-refractivity contribution in [2.45, 2.75) is 24.7 Å². The number of nitrogens with zero attached hydrogens (tertiary/aromatic N) is 1. The van der Waals surface area contributed by atoms with Gasteiger partial charge in [0.2, 0.25) is 10.0 Å². The van der Waals surface area contributed by atoms with Crippen molar-refractivity contribution >= 4 is 15.8 Å². The van der Waals surface area contributed by atoms with E-state index in [0.717, 1.165) is 12.8 Å². The molecular formula is C17H23NO4S. The number of carbonyl (C=O) groups excluding carboxylic acids is 1. The van der Waals surface area contributed by atoms with Gasteiger partial charge in [-0.15, -0.1) is 6.58 Å². The Hall–Kier alpha value is -1.50. The maximum atomic E-state index is 12.6. The summed E-state index contributed by atoms with van der Waals surface area (Å²) in [5, 5.41) is 0. The SMILES string of the molecule is C=CCOCC1CCN(S(=O)(=O)c2ccc(C(C)=O)cc2)CC1. The predicted molar refractivity (Wildman–Crippen MR) is 88.9 cm³/mol. The number of ether oxygens (including phenoxy) is 1. The lowest BCUT2D eigenvalue weighted by molar-refractivity contribution is 0.0982. The molecule has 0 aliphatic carbocycles. The third kappa shape index (κ3) is 4.50. The van der Waals surface area contributed by atoms with E-state index in [9.17, 15) is 13.2 Å². The number of hydrogen-bond acceptors (Lipinski definition) is 4. The van der Waals surface area contributed by atoms with Gasteiger partial charge in [-0.3, -0.25) is 4.79 Å². The fourth-order valence-electron chi connectivity index (χ4n) is 2.65. The molecule has 0 atom stereocenters. The summed E-state index contributed by atoms with van der Waals surface area (Å²) < 4.78 is 32.2. The van der Waals surface area contributed by atoms with Crippen LogP contribution in [-0.4, -0.2) is 44.8 Å². The predicted octanol–water partition coefficient (Wildman–Crippen LogP) is 2.49. The van der Waals surface area contributed by atoms with Crippen molar-refractivity contribution in [2.24, 2.45) is 5.92 Å². The van der Waals surface area contributed by atoms with E-state index in [1.807, 2.05) is 0 Å². The summed E-state index contributed by atoms with van der Waals surface area (Å²) in [7, 11) is -3.49. The molecule has 126 valence electrons. The van der Waals surface area contributed by atoms with Crippen molar-refractivity contribution in [1.82, 2.24) is 4.31 Å². The van der Waals surface area contributed by atoms with Crippen LogP contribution in [0.15, 0.2) is 41.8 Å². The first-order valence-corrected chi connectivity index (χ1v) is 9.19. The summed E-state index contributed by atoms with van der Waals surface area (Å²) in [6.07, 6.45) is 3.30. The standard InChI is InChI=1S/C17H23NO4S/c1-3-12-22-13-15-8-10-18(11-9-15)23(20,21)17-6-4-16(5-7-17)14(2)19/h3-7,15H,1,8-13H2,2H3. The Kier molecular flexibility index (Phi) is 6.10. The molecule has 5 nitrogen and oxygen atoms in total. The lowest BCUT2D eigenvalue weighted by atomic mass is 9.99. The van der Waals surface area contributed by atoms with Gasteiger partial charge in [0.15, 0.2) is 5.78 Å². The maximum Gasteiger partial charge on any atom is 0.243 e. The zero-order valence-electron chi connectivity index (χ0n) is 13.4. The van der Waals surface area contributed by atoms with Crippen LogP contribution < -0.4 is 0 Å². The van der Waals surface area contributed by atoms with Gasteiger partial charge in [0.25, 0.3) is 0 Å². The Bertz CT molecular complexity index is 644. The number of sulfonamides is 1. The highest BCUT2D eigenvalue weighted by atomic mass is 32.2. The number of carbonyl (C=O) groups is 1. The minimum absolute atomic E-state index is 0.0747. The van der Waals surface area contributed by atoms with E-state index in [1.54, 1.807) is 18.2 Å². The second kappa shape index (κ2) is 7.86. The van der Waals surface area contributed by atoms with Crippen LogP contribution in [0.3, 0.4) is 0 Å². The van der Waals surface area contributed by atoms with Crippen molar-refractivity contribution in [3.05, 3.63) is 42.5 Å². The van der Waals surface area contributed by atoms with E-state index in [-0.39, 0.29) is 10.7 Å². The number of ketones is 1. The van der Waals surface area contributed by atoms with E-state index in [0.29, 0.717) is 37.8 Å². The summed E-state index contributed by atoms with van der Waals surface area (Å²) >= 11 is 0. The smallest absolute Gasteiger partial charge is 0.243 e. The Balaban J connectivity index is 1.98. The van der Waals surface area contributed by atoms with Gasteiger partial charge >= 0.3 is 0 Å². The molecule has 1 fully saturated rings. The Morgan fingerprint density at radius 2 is 1.91 bits per heavy atom. The Morgan fingerprint density at radius 1 is 1.30 bits per heavy atom. The molecule has 0 unspecified atom stereocenters. The van der Waals surface area contributed by atoms with Gasteiger partial charge < -0.3 is 4.74 Å². The average Bonchev–Trinajstić information content (AvgIpc) is 2.55. The third-order valence-electron chi connectivity index (χ3n) is 4.06. The van der Waals surface area contributed by atoms with Gasteiger partial charge in [0.05, 0.1) is 11.5 Å². The van der Waals surface area contributed by atoms with E-state index in [4.69, 9.17) is 4.74 Å². The summed E-state index contributed by atoms with van der Waals surface area (Å²) in [6, 6.07) is 6.13. The molecule has 1 aliphatic rings. The molecule has 0 N–H and O–H groups in total. The molecule has 6 heteroatoms. The van der Waals surface area contributed by atoms with Crippen LogP contribution >= 0.6 is 0 Å². The monoisotopic (exact) mass is 337 g/mol. The number of benzene rings is 1. The summed E-state index contributed by atoms with van der Waals surface area (Å²) in [6.45, 7) is 7.24.